The summed E-state index contributed by atoms with van der Waals surface area (Å²) in [7, 11) is 3.92. The van der Waals surface area contributed by atoms with Gasteiger partial charge in [-0.3, -0.25) is 14.5 Å². The zero-order valence-electron chi connectivity index (χ0n) is 22.3. The van der Waals surface area contributed by atoms with Gasteiger partial charge in [0.2, 0.25) is 11.8 Å². The van der Waals surface area contributed by atoms with Crippen LogP contribution in [0.3, 0.4) is 0 Å². The largest absolute Gasteiger partial charge is 0.378 e. The van der Waals surface area contributed by atoms with Crippen molar-refractivity contribution in [3.05, 3.63) is 83.9 Å². The van der Waals surface area contributed by atoms with Crippen LogP contribution in [0.5, 0.6) is 0 Å². The van der Waals surface area contributed by atoms with Crippen molar-refractivity contribution >= 4 is 34.2 Å². The summed E-state index contributed by atoms with van der Waals surface area (Å²) in [4.78, 5) is 31.4. The van der Waals surface area contributed by atoms with E-state index in [4.69, 9.17) is 0 Å². The van der Waals surface area contributed by atoms with Crippen molar-refractivity contribution in [3.8, 4) is 0 Å². The highest BCUT2D eigenvalue weighted by molar-refractivity contribution is 6.01. The minimum Gasteiger partial charge on any atom is -0.378 e. The molecule has 1 aromatic heterocycles. The van der Waals surface area contributed by atoms with Gasteiger partial charge in [0.05, 0.1) is 5.52 Å². The van der Waals surface area contributed by atoms with Crippen LogP contribution in [0.1, 0.15) is 37.9 Å². The maximum absolute atomic E-state index is 14.0. The Balaban J connectivity index is 1.81. The molecule has 0 fully saturated rings. The second-order valence-corrected chi connectivity index (χ2v) is 10.5. The Morgan fingerprint density at radius 3 is 2.16 bits per heavy atom. The van der Waals surface area contributed by atoms with Crippen molar-refractivity contribution in [2.45, 2.75) is 45.8 Å². The van der Waals surface area contributed by atoms with Crippen LogP contribution in [0.2, 0.25) is 0 Å². The van der Waals surface area contributed by atoms with E-state index in [0.717, 1.165) is 16.8 Å². The summed E-state index contributed by atoms with van der Waals surface area (Å²) < 4.78 is 1.58. The molecule has 8 heteroatoms. The molecule has 8 nitrogen and oxygen atoms in total. The molecular formula is C29H34N6O2. The summed E-state index contributed by atoms with van der Waals surface area (Å²) in [6.07, 6.45) is 0. The van der Waals surface area contributed by atoms with Gasteiger partial charge in [0.15, 0.2) is 0 Å². The zero-order valence-corrected chi connectivity index (χ0v) is 22.3. The Morgan fingerprint density at radius 1 is 0.919 bits per heavy atom. The predicted molar refractivity (Wildman–Crippen MR) is 148 cm³/mol. The molecule has 0 saturated carbocycles. The molecule has 0 radical (unpaired) electrons. The Kier molecular flexibility index (Phi) is 7.29. The van der Waals surface area contributed by atoms with Gasteiger partial charge in [-0.05, 0) is 69.7 Å². The van der Waals surface area contributed by atoms with Crippen molar-refractivity contribution in [3.63, 3.8) is 0 Å². The minimum atomic E-state index is -0.888. The monoisotopic (exact) mass is 498 g/mol. The van der Waals surface area contributed by atoms with Gasteiger partial charge >= 0.3 is 0 Å². The van der Waals surface area contributed by atoms with Crippen molar-refractivity contribution in [1.82, 2.24) is 20.3 Å². The number of rotatable bonds is 7. The first-order chi connectivity index (χ1) is 17.5. The molecular weight excluding hydrogens is 464 g/mol. The molecule has 2 amide bonds. The molecule has 1 N–H and O–H groups in total. The fourth-order valence-corrected chi connectivity index (χ4v) is 4.19. The van der Waals surface area contributed by atoms with Crippen molar-refractivity contribution in [1.29, 1.82) is 0 Å². The predicted octanol–water partition coefficient (Wildman–Crippen LogP) is 4.49. The first kappa shape index (κ1) is 25.9. The third-order valence-corrected chi connectivity index (χ3v) is 6.02. The number of amides is 2. The van der Waals surface area contributed by atoms with Crippen LogP contribution >= 0.6 is 0 Å². The van der Waals surface area contributed by atoms with Gasteiger partial charge in [-0.2, -0.15) is 0 Å². The number of carbonyl (C=O) groups excluding carboxylic acids is 2. The van der Waals surface area contributed by atoms with Gasteiger partial charge in [0, 0.05) is 31.0 Å². The molecule has 0 aliphatic rings. The third kappa shape index (κ3) is 5.97. The van der Waals surface area contributed by atoms with E-state index < -0.39 is 11.6 Å². The zero-order chi connectivity index (χ0) is 26.7. The van der Waals surface area contributed by atoms with E-state index in [9.17, 15) is 9.59 Å². The minimum absolute atomic E-state index is 0.0660. The van der Waals surface area contributed by atoms with Crippen LogP contribution in [0, 0.1) is 6.92 Å². The highest BCUT2D eigenvalue weighted by Crippen LogP contribution is 2.30. The number of anilines is 2. The van der Waals surface area contributed by atoms with Crippen LogP contribution in [0.15, 0.2) is 72.8 Å². The van der Waals surface area contributed by atoms with Gasteiger partial charge in [-0.25, -0.2) is 4.68 Å². The van der Waals surface area contributed by atoms with E-state index in [2.05, 4.69) is 15.6 Å². The first-order valence-electron chi connectivity index (χ1n) is 12.3. The Bertz CT molecular complexity index is 1380. The van der Waals surface area contributed by atoms with Gasteiger partial charge in [0.1, 0.15) is 18.1 Å². The highest BCUT2D eigenvalue weighted by Gasteiger charge is 2.34. The molecule has 3 aromatic carbocycles. The number of nitrogens with one attached hydrogen (secondary N) is 1. The van der Waals surface area contributed by atoms with Crippen molar-refractivity contribution in [2.75, 3.05) is 23.9 Å². The second-order valence-electron chi connectivity index (χ2n) is 10.5. The number of carbonyl (C=O) groups is 2. The lowest BCUT2D eigenvalue weighted by molar-refractivity contribution is -0.128. The molecule has 0 bridgehead atoms. The maximum atomic E-state index is 14.0. The third-order valence-electron chi connectivity index (χ3n) is 6.02. The molecule has 37 heavy (non-hydrogen) atoms. The number of benzene rings is 3. The molecule has 0 saturated heterocycles. The van der Waals surface area contributed by atoms with Crippen LogP contribution in [-0.4, -0.2) is 46.4 Å². The lowest BCUT2D eigenvalue weighted by Gasteiger charge is -2.34. The van der Waals surface area contributed by atoms with Crippen LogP contribution in [-0.2, 0) is 16.1 Å². The number of nitrogens with zero attached hydrogens (tertiary/aromatic N) is 5. The molecule has 192 valence electrons. The SMILES string of the molecule is Cc1ccc(N(C(=O)Cn2nnc3ccccc32)[C@H](C(=O)NC(C)(C)C)c2ccc(N(C)C)cc2)cc1. The molecule has 0 unspecified atom stereocenters. The molecule has 0 aliphatic carbocycles. The maximum Gasteiger partial charge on any atom is 0.249 e. The summed E-state index contributed by atoms with van der Waals surface area (Å²) in [6, 6.07) is 21.9. The molecule has 1 atom stereocenters. The Morgan fingerprint density at radius 2 is 1.54 bits per heavy atom. The average Bonchev–Trinajstić information content (AvgIpc) is 3.25. The smallest absolute Gasteiger partial charge is 0.249 e. The van der Waals surface area contributed by atoms with E-state index in [0.29, 0.717) is 16.8 Å². The molecule has 4 aromatic rings. The van der Waals surface area contributed by atoms with Crippen LogP contribution in [0.4, 0.5) is 11.4 Å². The number of aromatic nitrogens is 3. The summed E-state index contributed by atoms with van der Waals surface area (Å²) in [5, 5.41) is 11.5. The molecule has 0 spiro atoms. The standard InChI is InChI=1S/C29H34N6O2/c1-20-11-15-23(16-12-20)35(26(36)19-34-25-10-8-7-9-24(25)31-32-34)27(28(37)30-29(2,3)4)21-13-17-22(18-14-21)33(5)6/h7-18,27H,19H2,1-6H3,(H,30,37)/t27-/m0/s1. The molecule has 1 heterocycles. The van der Waals surface area contributed by atoms with Gasteiger partial charge in [-0.15, -0.1) is 5.10 Å². The van der Waals surface area contributed by atoms with Gasteiger partial charge in [0.25, 0.3) is 0 Å². The highest BCUT2D eigenvalue weighted by atomic mass is 16.2. The van der Waals surface area contributed by atoms with E-state index in [1.54, 1.807) is 9.58 Å². The fraction of sp³-hybridized carbons (Fsp3) is 0.310. The number of para-hydroxylation sites is 1. The van der Waals surface area contributed by atoms with Crippen molar-refractivity contribution < 1.29 is 9.59 Å². The fourth-order valence-electron chi connectivity index (χ4n) is 4.19. The van der Waals surface area contributed by atoms with Crippen molar-refractivity contribution in [2.24, 2.45) is 0 Å². The summed E-state index contributed by atoms with van der Waals surface area (Å²) in [6.45, 7) is 7.70. The number of aryl methyl sites for hydroxylation is 1. The van der Waals surface area contributed by atoms with Crippen LogP contribution < -0.4 is 15.1 Å². The average molecular weight is 499 g/mol. The first-order valence-corrected chi connectivity index (χ1v) is 12.3. The molecule has 4 rings (SSSR count). The lowest BCUT2D eigenvalue weighted by atomic mass is 10.00. The number of fused-ring (bicyclic) bond motifs is 1. The van der Waals surface area contributed by atoms with Crippen LogP contribution in [0.25, 0.3) is 11.0 Å². The number of hydrogen-bond acceptors (Lipinski definition) is 5. The summed E-state index contributed by atoms with van der Waals surface area (Å²) in [5.74, 6) is -0.535. The Labute approximate surface area is 217 Å². The molecule has 0 aliphatic heterocycles. The van der Waals surface area contributed by atoms with E-state index in [-0.39, 0.29) is 18.4 Å². The summed E-state index contributed by atoms with van der Waals surface area (Å²) >= 11 is 0. The normalized spacial score (nSPS) is 12.3. The van der Waals surface area contributed by atoms with Gasteiger partial charge < -0.3 is 10.2 Å². The Hall–Kier alpha value is -4.20. The van der Waals surface area contributed by atoms with E-state index >= 15 is 0 Å². The van der Waals surface area contributed by atoms with E-state index in [1.807, 2.05) is 119 Å². The quantitative estimate of drug-likeness (QED) is 0.406. The number of hydrogen-bond donors (Lipinski definition) is 1. The topological polar surface area (TPSA) is 83.4 Å². The second kappa shape index (κ2) is 10.4. The van der Waals surface area contributed by atoms with Gasteiger partial charge in [-0.1, -0.05) is 47.2 Å². The summed E-state index contributed by atoms with van der Waals surface area (Å²) in [5.41, 5.74) is 4.38. The lowest BCUT2D eigenvalue weighted by Crippen LogP contribution is -2.50. The van der Waals surface area contributed by atoms with E-state index in [1.165, 1.54) is 0 Å².